The molecular formula is C23H23N5O2. The standard InChI is InChI=1S/C23H23N5O2/c29-23-19(13-5-1-3-7-17(13)27-23)22-21(14-6-2-4-8-18(14)26-22)28-30-10-9-25-20-15-11-24-12-16(15)20/h1-8,15-16,20,24-25,27,29H,9-12H2/b28-21+/t15-,16+,20?. The number of oxime groups is 1. The molecule has 1 aliphatic carbocycles. The molecule has 7 nitrogen and oxygen atoms in total. The van der Waals surface area contributed by atoms with Gasteiger partial charge in [-0.15, -0.1) is 0 Å². The van der Waals surface area contributed by atoms with Crippen molar-refractivity contribution in [1.29, 1.82) is 0 Å². The number of hydrogen-bond donors (Lipinski definition) is 4. The first kappa shape index (κ1) is 17.7. The lowest BCUT2D eigenvalue weighted by Gasteiger charge is -2.08. The Morgan fingerprint density at radius 1 is 1.10 bits per heavy atom. The summed E-state index contributed by atoms with van der Waals surface area (Å²) in [6, 6.07) is 16.2. The summed E-state index contributed by atoms with van der Waals surface area (Å²) in [5.74, 6) is 1.65. The Morgan fingerprint density at radius 2 is 1.90 bits per heavy atom. The van der Waals surface area contributed by atoms with Crippen molar-refractivity contribution in [2.45, 2.75) is 6.04 Å². The van der Waals surface area contributed by atoms with Crippen LogP contribution in [0.4, 0.5) is 5.69 Å². The van der Waals surface area contributed by atoms with Crippen molar-refractivity contribution in [2.24, 2.45) is 22.0 Å². The molecule has 2 aromatic carbocycles. The lowest BCUT2D eigenvalue weighted by atomic mass is 10.0. The van der Waals surface area contributed by atoms with Crippen LogP contribution in [0.1, 0.15) is 11.1 Å². The van der Waals surface area contributed by atoms with Crippen LogP contribution in [0.25, 0.3) is 10.9 Å². The Morgan fingerprint density at radius 3 is 2.80 bits per heavy atom. The third kappa shape index (κ3) is 2.81. The summed E-state index contributed by atoms with van der Waals surface area (Å²) in [5.41, 5.74) is 4.53. The molecule has 1 aromatic heterocycles. The van der Waals surface area contributed by atoms with E-state index in [1.54, 1.807) is 0 Å². The molecule has 1 saturated heterocycles. The summed E-state index contributed by atoms with van der Waals surface area (Å²) in [6.07, 6.45) is 0. The van der Waals surface area contributed by atoms with Gasteiger partial charge in [0.15, 0.2) is 5.88 Å². The summed E-state index contributed by atoms with van der Waals surface area (Å²) < 4.78 is 0. The molecule has 0 radical (unpaired) electrons. The number of nitrogens with zero attached hydrogens (tertiary/aromatic N) is 2. The molecular weight excluding hydrogens is 378 g/mol. The molecule has 0 amide bonds. The summed E-state index contributed by atoms with van der Waals surface area (Å²) in [5, 5.41) is 22.9. The second-order valence-electron chi connectivity index (χ2n) is 8.11. The van der Waals surface area contributed by atoms with Gasteiger partial charge >= 0.3 is 0 Å². The van der Waals surface area contributed by atoms with Crippen molar-refractivity contribution in [3.8, 4) is 5.88 Å². The number of rotatable bonds is 6. The summed E-state index contributed by atoms with van der Waals surface area (Å²) in [6.45, 7) is 3.50. The minimum Gasteiger partial charge on any atom is -0.494 e. The number of aromatic amines is 1. The van der Waals surface area contributed by atoms with Crippen LogP contribution in [0.15, 0.2) is 58.7 Å². The van der Waals surface area contributed by atoms with Gasteiger partial charge < -0.3 is 25.6 Å². The molecule has 2 fully saturated rings. The van der Waals surface area contributed by atoms with Crippen molar-refractivity contribution in [1.82, 2.24) is 15.6 Å². The van der Waals surface area contributed by atoms with E-state index in [0.29, 0.717) is 29.6 Å². The number of aromatic hydroxyl groups is 1. The van der Waals surface area contributed by atoms with Gasteiger partial charge in [0.2, 0.25) is 0 Å². The zero-order valence-electron chi connectivity index (χ0n) is 16.4. The lowest BCUT2D eigenvalue weighted by molar-refractivity contribution is 0.146. The van der Waals surface area contributed by atoms with Crippen molar-refractivity contribution in [3.63, 3.8) is 0 Å². The smallest absolute Gasteiger partial charge is 0.199 e. The van der Waals surface area contributed by atoms with Gasteiger partial charge in [-0.2, -0.15) is 0 Å². The number of para-hydroxylation sites is 2. The number of piperidine rings is 1. The normalized spacial score (nSPS) is 25.4. The number of H-pyrrole nitrogens is 1. The average Bonchev–Trinajstić information content (AvgIpc) is 3.13. The van der Waals surface area contributed by atoms with Gasteiger partial charge in [0, 0.05) is 29.1 Å². The quantitative estimate of drug-likeness (QED) is 0.377. The van der Waals surface area contributed by atoms with Crippen LogP contribution in [0.2, 0.25) is 0 Å². The highest BCUT2D eigenvalue weighted by Crippen LogP contribution is 2.41. The van der Waals surface area contributed by atoms with E-state index in [2.05, 4.69) is 20.8 Å². The predicted molar refractivity (Wildman–Crippen MR) is 117 cm³/mol. The number of aliphatic imine (C=N–C) groups is 1. The van der Waals surface area contributed by atoms with Crippen LogP contribution >= 0.6 is 0 Å². The van der Waals surface area contributed by atoms with E-state index >= 15 is 0 Å². The monoisotopic (exact) mass is 401 g/mol. The van der Waals surface area contributed by atoms with Gasteiger partial charge in [-0.1, -0.05) is 41.6 Å². The number of hydrogen-bond acceptors (Lipinski definition) is 6. The zero-order valence-corrected chi connectivity index (χ0v) is 16.4. The van der Waals surface area contributed by atoms with Crippen molar-refractivity contribution < 1.29 is 9.94 Å². The maximum atomic E-state index is 10.6. The number of benzene rings is 2. The van der Waals surface area contributed by atoms with Crippen molar-refractivity contribution in [2.75, 3.05) is 26.2 Å². The van der Waals surface area contributed by atoms with Gasteiger partial charge in [-0.05, 0) is 37.1 Å². The molecule has 7 heteroatoms. The molecule has 152 valence electrons. The molecule has 0 bridgehead atoms. The fraction of sp³-hybridized carbons (Fsp3) is 0.304. The maximum absolute atomic E-state index is 10.6. The third-order valence-corrected chi connectivity index (χ3v) is 6.36. The van der Waals surface area contributed by atoms with Gasteiger partial charge in [-0.3, -0.25) is 0 Å². The van der Waals surface area contributed by atoms with E-state index in [9.17, 15) is 5.11 Å². The van der Waals surface area contributed by atoms with Crippen LogP contribution in [0.3, 0.4) is 0 Å². The number of fused-ring (bicyclic) bond motifs is 3. The average molecular weight is 401 g/mol. The SMILES string of the molecule is Oc1[nH]c2ccccc2c1C1=Nc2ccccc2/C1=N\OCCNC1[C@H]2CNC[C@@H]12. The largest absolute Gasteiger partial charge is 0.494 e. The Balaban J connectivity index is 1.24. The van der Waals surface area contributed by atoms with E-state index in [1.807, 2.05) is 48.5 Å². The molecule has 0 spiro atoms. The Bertz CT molecular complexity index is 1170. The first-order valence-corrected chi connectivity index (χ1v) is 10.4. The highest BCUT2D eigenvalue weighted by Gasteiger charge is 2.52. The highest BCUT2D eigenvalue weighted by molar-refractivity contribution is 6.58. The first-order chi connectivity index (χ1) is 14.8. The van der Waals surface area contributed by atoms with Gasteiger partial charge in [0.05, 0.1) is 11.3 Å². The Labute approximate surface area is 173 Å². The fourth-order valence-electron chi connectivity index (χ4n) is 4.81. The predicted octanol–water partition coefficient (Wildman–Crippen LogP) is 2.54. The third-order valence-electron chi connectivity index (χ3n) is 6.36. The van der Waals surface area contributed by atoms with Crippen LogP contribution < -0.4 is 10.6 Å². The van der Waals surface area contributed by atoms with Gasteiger partial charge in [0.25, 0.3) is 0 Å². The molecule has 2 aliphatic heterocycles. The molecule has 3 aromatic rings. The van der Waals surface area contributed by atoms with Crippen molar-refractivity contribution >= 4 is 28.0 Å². The van der Waals surface area contributed by atoms with E-state index < -0.39 is 0 Å². The molecule has 3 aliphatic rings. The second-order valence-corrected chi connectivity index (χ2v) is 8.11. The second kappa shape index (κ2) is 6.97. The van der Waals surface area contributed by atoms with Gasteiger partial charge in [-0.25, -0.2) is 4.99 Å². The maximum Gasteiger partial charge on any atom is 0.199 e. The Kier molecular flexibility index (Phi) is 4.11. The van der Waals surface area contributed by atoms with E-state index in [0.717, 1.165) is 53.6 Å². The lowest BCUT2D eigenvalue weighted by Crippen LogP contribution is -2.29. The van der Waals surface area contributed by atoms with Gasteiger partial charge in [0.1, 0.15) is 18.0 Å². The summed E-state index contributed by atoms with van der Waals surface area (Å²) in [4.78, 5) is 13.5. The number of nitrogens with one attached hydrogen (secondary N) is 3. The summed E-state index contributed by atoms with van der Waals surface area (Å²) in [7, 11) is 0. The molecule has 3 heterocycles. The fourth-order valence-corrected chi connectivity index (χ4v) is 4.81. The van der Waals surface area contributed by atoms with E-state index in [1.165, 1.54) is 0 Å². The zero-order chi connectivity index (χ0) is 20.1. The molecule has 30 heavy (non-hydrogen) atoms. The van der Waals surface area contributed by atoms with E-state index in [-0.39, 0.29) is 5.88 Å². The highest BCUT2D eigenvalue weighted by atomic mass is 16.6. The summed E-state index contributed by atoms with van der Waals surface area (Å²) >= 11 is 0. The Hall–Kier alpha value is -3.16. The molecule has 1 unspecified atom stereocenters. The van der Waals surface area contributed by atoms with Crippen LogP contribution in [0.5, 0.6) is 5.88 Å². The first-order valence-electron chi connectivity index (χ1n) is 10.4. The van der Waals surface area contributed by atoms with Crippen LogP contribution in [-0.4, -0.2) is 53.8 Å². The minimum absolute atomic E-state index is 0.0889. The minimum atomic E-state index is 0.0889. The number of aromatic nitrogens is 1. The molecule has 6 rings (SSSR count). The van der Waals surface area contributed by atoms with Crippen LogP contribution in [0, 0.1) is 11.8 Å². The van der Waals surface area contributed by atoms with Crippen LogP contribution in [-0.2, 0) is 4.84 Å². The molecule has 4 N–H and O–H groups in total. The van der Waals surface area contributed by atoms with E-state index in [4.69, 9.17) is 9.83 Å². The molecule has 3 atom stereocenters. The van der Waals surface area contributed by atoms with Crippen molar-refractivity contribution in [3.05, 3.63) is 59.7 Å². The molecule has 1 saturated carbocycles. The topological polar surface area (TPSA) is 94.0 Å².